The summed E-state index contributed by atoms with van der Waals surface area (Å²) >= 11 is 1.73. The maximum absolute atomic E-state index is 4.10. The Hall–Kier alpha value is -1.48. The molecule has 1 heterocycles. The van der Waals surface area contributed by atoms with Crippen LogP contribution in [0.15, 0.2) is 30.1 Å². The van der Waals surface area contributed by atoms with Crippen molar-refractivity contribution in [3.63, 3.8) is 0 Å². The summed E-state index contributed by atoms with van der Waals surface area (Å²) in [6.45, 7) is 6.99. The van der Waals surface area contributed by atoms with Crippen LogP contribution in [0.1, 0.15) is 5.82 Å². The Morgan fingerprint density at radius 3 is 2.93 bits per heavy atom. The van der Waals surface area contributed by atoms with E-state index in [1.54, 1.807) is 29.2 Å². The molecule has 1 rings (SSSR count). The number of anilines is 1. The summed E-state index contributed by atoms with van der Waals surface area (Å²) in [5.41, 5.74) is 0.568. The van der Waals surface area contributed by atoms with E-state index in [2.05, 4.69) is 37.5 Å². The van der Waals surface area contributed by atoms with Crippen LogP contribution in [0, 0.1) is 0 Å². The molecule has 14 heavy (non-hydrogen) atoms. The Bertz CT molecular complexity index is 374. The number of allylic oxidation sites excluding steroid dienone is 2. The monoisotopic (exact) mass is 250 g/mol. The number of hydrogen-bond donors (Lipinski definition) is 1. The van der Waals surface area contributed by atoms with Gasteiger partial charge < -0.3 is 0 Å². The number of aromatic nitrogens is 3. The number of nitrogens with zero attached hydrogens (tertiary/aromatic N) is 4. The molecule has 1 aromatic heterocycles. The van der Waals surface area contributed by atoms with E-state index in [-0.39, 0.29) is 0 Å². The van der Waals surface area contributed by atoms with E-state index in [1.165, 1.54) is 6.33 Å². The number of hydrogen-bond acceptors (Lipinski definition) is 5. The number of rotatable bonds is 4. The zero-order chi connectivity index (χ0) is 10.4. The molecule has 71 valence electrons. The molecule has 1 aromatic rings. The first-order valence-corrected chi connectivity index (χ1v) is 4.78. The molecule has 0 spiro atoms. The topological polar surface area (TPSA) is 63.1 Å². The van der Waals surface area contributed by atoms with Gasteiger partial charge >= 0.3 is 90.5 Å². The van der Waals surface area contributed by atoms with Crippen LogP contribution in [-0.4, -0.2) is 38.7 Å². The Morgan fingerprint density at radius 1 is 1.57 bits per heavy atom. The van der Waals surface area contributed by atoms with Gasteiger partial charge in [0.05, 0.1) is 0 Å². The van der Waals surface area contributed by atoms with E-state index in [4.69, 9.17) is 0 Å². The molecule has 6 heteroatoms. The zero-order valence-electron chi connectivity index (χ0n) is 7.44. The van der Waals surface area contributed by atoms with Gasteiger partial charge in [-0.05, 0) is 0 Å². The molecule has 0 aliphatic carbocycles. The summed E-state index contributed by atoms with van der Waals surface area (Å²) in [5.74, 6) is 0.966. The fourth-order valence-electron chi connectivity index (χ4n) is 0.790. The summed E-state index contributed by atoms with van der Waals surface area (Å²) in [7, 11) is 0. The molecule has 0 atom stereocenters. The number of nitrogens with one attached hydrogen (secondary N) is 1. The van der Waals surface area contributed by atoms with Gasteiger partial charge in [0.2, 0.25) is 0 Å². The van der Waals surface area contributed by atoms with Gasteiger partial charge in [-0.3, -0.25) is 0 Å². The van der Waals surface area contributed by atoms with Crippen LogP contribution >= 0.6 is 0 Å². The van der Waals surface area contributed by atoms with Crippen molar-refractivity contribution in [2.75, 3.05) is 4.23 Å². The fraction of sp³-hybridized carbons (Fsp3) is 0. The Labute approximate surface area is 90.8 Å². The van der Waals surface area contributed by atoms with E-state index in [0.717, 1.165) is 0 Å². The van der Waals surface area contributed by atoms with Crippen molar-refractivity contribution in [1.29, 1.82) is 0 Å². The molecule has 0 fully saturated rings. The van der Waals surface area contributed by atoms with Crippen molar-refractivity contribution >= 4 is 35.4 Å². The van der Waals surface area contributed by atoms with E-state index < -0.39 is 0 Å². The molecule has 0 saturated carbocycles. The van der Waals surface area contributed by atoms with Crippen LogP contribution in [-0.2, 0) is 0 Å². The summed E-state index contributed by atoms with van der Waals surface area (Å²) in [6, 6.07) is 0. The molecule has 1 radical (unpaired) electrons. The van der Waals surface area contributed by atoms with Gasteiger partial charge in [-0.2, -0.15) is 0 Å². The average Bonchev–Trinajstić information content (AvgIpc) is 2.26. The molecule has 5 nitrogen and oxygen atoms in total. The second-order valence-electron chi connectivity index (χ2n) is 2.20. The first-order chi connectivity index (χ1) is 6.81. The van der Waals surface area contributed by atoms with Gasteiger partial charge in [-0.25, -0.2) is 0 Å². The molecule has 0 aliphatic rings. The molecular formula is C8H9AsN5. The van der Waals surface area contributed by atoms with Crippen molar-refractivity contribution in [1.82, 2.24) is 15.0 Å². The number of aliphatic imine (C=N–C) groups is 1. The van der Waals surface area contributed by atoms with Gasteiger partial charge in [0.15, 0.2) is 0 Å². The minimum absolute atomic E-state index is 0.472. The molecule has 0 saturated heterocycles. The molecular weight excluding hydrogens is 241 g/mol. The second kappa shape index (κ2) is 5.29. The average molecular weight is 250 g/mol. The summed E-state index contributed by atoms with van der Waals surface area (Å²) in [5, 5.41) is 0. The Balaban J connectivity index is 3.10. The van der Waals surface area contributed by atoms with Crippen LogP contribution in [0.5, 0.6) is 0 Å². The van der Waals surface area contributed by atoms with Crippen LogP contribution < -0.4 is 4.23 Å². The molecule has 0 unspecified atom stereocenters. The standard InChI is InChI=1S/C8H9AsN5/c1-3-4-6(10-2)7-11-5-12-8(13-7)14-9/h3-5,9H,1-2H2,(H,11,12,13,14)/b6-4-. The first-order valence-electron chi connectivity index (χ1n) is 3.73. The van der Waals surface area contributed by atoms with Gasteiger partial charge in [0.1, 0.15) is 0 Å². The zero-order valence-corrected chi connectivity index (χ0v) is 9.53. The molecule has 0 bridgehead atoms. The van der Waals surface area contributed by atoms with Crippen molar-refractivity contribution in [3.05, 3.63) is 30.9 Å². The van der Waals surface area contributed by atoms with Gasteiger partial charge in [-0.1, -0.05) is 0 Å². The third kappa shape index (κ3) is 2.50. The van der Waals surface area contributed by atoms with E-state index in [0.29, 0.717) is 17.5 Å². The van der Waals surface area contributed by atoms with Crippen molar-refractivity contribution in [2.45, 2.75) is 0 Å². The van der Waals surface area contributed by atoms with Gasteiger partial charge in [0.25, 0.3) is 0 Å². The van der Waals surface area contributed by atoms with E-state index in [1.807, 2.05) is 0 Å². The van der Waals surface area contributed by atoms with Crippen LogP contribution in [0.4, 0.5) is 5.95 Å². The third-order valence-corrected chi connectivity index (χ3v) is 1.83. The van der Waals surface area contributed by atoms with Crippen molar-refractivity contribution < 1.29 is 0 Å². The third-order valence-electron chi connectivity index (χ3n) is 1.36. The fourth-order valence-corrected chi connectivity index (χ4v) is 1.04. The SMILES string of the molecule is C=C/C=C(\N=C)c1ncnc(N[AsH])n1. The summed E-state index contributed by atoms with van der Waals surface area (Å²) in [4.78, 5) is 15.7. The maximum atomic E-state index is 4.10. The van der Waals surface area contributed by atoms with Gasteiger partial charge in [-0.15, -0.1) is 0 Å². The molecule has 1 N–H and O–H groups in total. The van der Waals surface area contributed by atoms with Crippen molar-refractivity contribution in [3.8, 4) is 0 Å². The molecule has 0 aliphatic heterocycles. The Kier molecular flexibility index (Phi) is 4.01. The predicted octanol–water partition coefficient (Wildman–Crippen LogP) is 0.327. The molecule has 0 amide bonds. The predicted molar refractivity (Wildman–Crippen MR) is 58.3 cm³/mol. The normalized spacial score (nSPS) is 10.8. The quantitative estimate of drug-likeness (QED) is 0.475. The minimum atomic E-state index is 0.472. The van der Waals surface area contributed by atoms with Crippen molar-refractivity contribution in [2.24, 2.45) is 4.99 Å². The van der Waals surface area contributed by atoms with E-state index in [9.17, 15) is 0 Å². The van der Waals surface area contributed by atoms with Crippen LogP contribution in [0.25, 0.3) is 5.70 Å². The first kappa shape index (κ1) is 10.6. The van der Waals surface area contributed by atoms with Crippen LogP contribution in [0.3, 0.4) is 0 Å². The van der Waals surface area contributed by atoms with Gasteiger partial charge in [0, 0.05) is 0 Å². The summed E-state index contributed by atoms with van der Waals surface area (Å²) in [6.07, 6.45) is 4.70. The summed E-state index contributed by atoms with van der Waals surface area (Å²) < 4.78 is 2.81. The van der Waals surface area contributed by atoms with E-state index >= 15 is 0 Å². The molecule has 0 aromatic carbocycles. The Morgan fingerprint density at radius 2 is 2.36 bits per heavy atom. The van der Waals surface area contributed by atoms with Crippen LogP contribution in [0.2, 0.25) is 0 Å². The second-order valence-corrected chi connectivity index (χ2v) is 2.73.